The number of allylic oxidation sites excluding steroid dienone is 2. The Morgan fingerprint density at radius 3 is 2.65 bits per heavy atom. The Morgan fingerprint density at radius 2 is 2.00 bits per heavy atom. The standard InChI is InChI=1S/C14H14O3/c1-3-5-9-8-11(15)10-6-4-7-12(17-2)13(10)14(9)16/h4,6-8H,3,5H2,1-2H3. The first kappa shape index (κ1) is 11.6. The maximum absolute atomic E-state index is 12.2. The van der Waals surface area contributed by atoms with E-state index in [1.165, 1.54) is 13.2 Å². The first-order valence-corrected chi connectivity index (χ1v) is 5.65. The lowest BCUT2D eigenvalue weighted by Crippen LogP contribution is -2.18. The Morgan fingerprint density at radius 1 is 1.24 bits per heavy atom. The van der Waals surface area contributed by atoms with E-state index in [1.807, 2.05) is 6.92 Å². The van der Waals surface area contributed by atoms with Crippen molar-refractivity contribution in [2.75, 3.05) is 7.11 Å². The van der Waals surface area contributed by atoms with Gasteiger partial charge in [0, 0.05) is 11.1 Å². The van der Waals surface area contributed by atoms with Crippen molar-refractivity contribution in [2.45, 2.75) is 19.8 Å². The molecule has 0 spiro atoms. The normalized spacial score (nSPS) is 14.4. The van der Waals surface area contributed by atoms with Crippen LogP contribution in [0.3, 0.4) is 0 Å². The van der Waals surface area contributed by atoms with Gasteiger partial charge in [-0.1, -0.05) is 25.5 Å². The van der Waals surface area contributed by atoms with Crippen LogP contribution in [0.5, 0.6) is 5.75 Å². The highest BCUT2D eigenvalue weighted by Crippen LogP contribution is 2.30. The zero-order valence-electron chi connectivity index (χ0n) is 9.95. The molecular weight excluding hydrogens is 216 g/mol. The summed E-state index contributed by atoms with van der Waals surface area (Å²) in [7, 11) is 1.51. The van der Waals surface area contributed by atoms with Crippen LogP contribution in [-0.4, -0.2) is 18.7 Å². The van der Waals surface area contributed by atoms with E-state index in [2.05, 4.69) is 0 Å². The largest absolute Gasteiger partial charge is 0.496 e. The maximum Gasteiger partial charge on any atom is 0.193 e. The third-order valence-electron chi connectivity index (χ3n) is 2.85. The van der Waals surface area contributed by atoms with E-state index in [1.54, 1.807) is 18.2 Å². The summed E-state index contributed by atoms with van der Waals surface area (Å²) in [5, 5.41) is 0. The molecule has 0 atom stereocenters. The summed E-state index contributed by atoms with van der Waals surface area (Å²) >= 11 is 0. The summed E-state index contributed by atoms with van der Waals surface area (Å²) in [6, 6.07) is 5.09. The van der Waals surface area contributed by atoms with Gasteiger partial charge in [-0.05, 0) is 18.6 Å². The Bertz CT molecular complexity index is 512. The van der Waals surface area contributed by atoms with Crippen molar-refractivity contribution in [2.24, 2.45) is 0 Å². The van der Waals surface area contributed by atoms with Crippen LogP contribution in [0.2, 0.25) is 0 Å². The molecule has 17 heavy (non-hydrogen) atoms. The molecule has 0 N–H and O–H groups in total. The molecule has 0 fully saturated rings. The summed E-state index contributed by atoms with van der Waals surface area (Å²) < 4.78 is 5.16. The second-order valence-corrected chi connectivity index (χ2v) is 4.00. The molecule has 0 aromatic heterocycles. The van der Waals surface area contributed by atoms with Crippen molar-refractivity contribution < 1.29 is 14.3 Å². The molecule has 0 amide bonds. The summed E-state index contributed by atoms with van der Waals surface area (Å²) in [6.07, 6.45) is 2.92. The molecule has 1 aromatic rings. The molecule has 1 aromatic carbocycles. The van der Waals surface area contributed by atoms with Gasteiger partial charge < -0.3 is 4.74 Å². The average molecular weight is 230 g/mol. The first-order chi connectivity index (χ1) is 8.19. The van der Waals surface area contributed by atoms with Crippen molar-refractivity contribution in [1.82, 2.24) is 0 Å². The minimum Gasteiger partial charge on any atom is -0.496 e. The molecule has 0 saturated heterocycles. The van der Waals surface area contributed by atoms with Crippen molar-refractivity contribution in [3.05, 3.63) is 41.0 Å². The summed E-state index contributed by atoms with van der Waals surface area (Å²) in [5.41, 5.74) is 1.43. The number of hydrogen-bond acceptors (Lipinski definition) is 3. The van der Waals surface area contributed by atoms with Crippen molar-refractivity contribution in [3.63, 3.8) is 0 Å². The number of fused-ring (bicyclic) bond motifs is 1. The zero-order valence-corrected chi connectivity index (χ0v) is 9.95. The minimum absolute atomic E-state index is 0.0844. The van der Waals surface area contributed by atoms with E-state index in [-0.39, 0.29) is 11.6 Å². The Hall–Kier alpha value is -1.90. The van der Waals surface area contributed by atoms with E-state index < -0.39 is 0 Å². The molecule has 1 aliphatic rings. The molecule has 0 aliphatic heterocycles. The van der Waals surface area contributed by atoms with Gasteiger partial charge in [0.05, 0.1) is 12.7 Å². The van der Waals surface area contributed by atoms with Crippen LogP contribution in [0.15, 0.2) is 29.8 Å². The van der Waals surface area contributed by atoms with Gasteiger partial charge in [-0.15, -0.1) is 0 Å². The second-order valence-electron chi connectivity index (χ2n) is 4.00. The van der Waals surface area contributed by atoms with E-state index >= 15 is 0 Å². The summed E-state index contributed by atoms with van der Waals surface area (Å²) in [6.45, 7) is 1.98. The van der Waals surface area contributed by atoms with E-state index in [0.29, 0.717) is 28.9 Å². The first-order valence-electron chi connectivity index (χ1n) is 5.65. The zero-order chi connectivity index (χ0) is 12.4. The number of benzene rings is 1. The number of ketones is 2. The van der Waals surface area contributed by atoms with Gasteiger partial charge >= 0.3 is 0 Å². The lowest BCUT2D eigenvalue weighted by Gasteiger charge is -2.17. The SMILES string of the molecule is CCCC1=CC(=O)c2cccc(OC)c2C1=O. The number of Topliss-reactive ketones (excluding diaryl/α,β-unsaturated/α-hetero) is 1. The molecule has 3 heteroatoms. The highest BCUT2D eigenvalue weighted by atomic mass is 16.5. The summed E-state index contributed by atoms with van der Waals surface area (Å²) in [5.74, 6) is 0.281. The molecule has 3 nitrogen and oxygen atoms in total. The smallest absolute Gasteiger partial charge is 0.193 e. The monoisotopic (exact) mass is 230 g/mol. The number of carbonyl (C=O) groups is 2. The Balaban J connectivity index is 2.57. The molecule has 2 rings (SSSR count). The number of ether oxygens (including phenoxy) is 1. The predicted molar refractivity (Wildman–Crippen MR) is 64.6 cm³/mol. The van der Waals surface area contributed by atoms with Crippen LogP contribution >= 0.6 is 0 Å². The quantitative estimate of drug-likeness (QED) is 0.801. The molecule has 0 bridgehead atoms. The van der Waals surface area contributed by atoms with Gasteiger partial charge in [-0.25, -0.2) is 0 Å². The van der Waals surface area contributed by atoms with Gasteiger partial charge in [0.2, 0.25) is 0 Å². The van der Waals surface area contributed by atoms with Crippen LogP contribution in [0.25, 0.3) is 0 Å². The number of methoxy groups -OCH3 is 1. The molecule has 0 unspecified atom stereocenters. The van der Waals surface area contributed by atoms with Crippen LogP contribution in [-0.2, 0) is 0 Å². The van der Waals surface area contributed by atoms with Crippen LogP contribution < -0.4 is 4.74 Å². The molecular formula is C14H14O3. The van der Waals surface area contributed by atoms with Crippen molar-refractivity contribution >= 4 is 11.6 Å². The Kier molecular flexibility index (Phi) is 3.09. The average Bonchev–Trinajstić information content (AvgIpc) is 2.35. The number of rotatable bonds is 3. The summed E-state index contributed by atoms with van der Waals surface area (Å²) in [4.78, 5) is 24.1. The highest BCUT2D eigenvalue weighted by molar-refractivity contribution is 6.25. The number of carbonyl (C=O) groups excluding carboxylic acids is 2. The van der Waals surface area contributed by atoms with Gasteiger partial charge in [0.15, 0.2) is 11.6 Å². The van der Waals surface area contributed by atoms with Gasteiger partial charge in [-0.2, -0.15) is 0 Å². The van der Waals surface area contributed by atoms with E-state index in [4.69, 9.17) is 4.74 Å². The van der Waals surface area contributed by atoms with Crippen LogP contribution in [0, 0.1) is 0 Å². The van der Waals surface area contributed by atoms with Crippen LogP contribution in [0.1, 0.15) is 40.5 Å². The fraction of sp³-hybridized carbons (Fsp3) is 0.286. The second kappa shape index (κ2) is 4.53. The highest BCUT2D eigenvalue weighted by Gasteiger charge is 2.27. The van der Waals surface area contributed by atoms with Crippen LogP contribution in [0.4, 0.5) is 0 Å². The molecule has 0 radical (unpaired) electrons. The molecule has 1 aliphatic carbocycles. The van der Waals surface area contributed by atoms with Gasteiger partial charge in [-0.3, -0.25) is 9.59 Å². The fourth-order valence-corrected chi connectivity index (χ4v) is 2.06. The van der Waals surface area contributed by atoms with Gasteiger partial charge in [0.25, 0.3) is 0 Å². The molecule has 0 saturated carbocycles. The van der Waals surface area contributed by atoms with E-state index in [9.17, 15) is 9.59 Å². The lowest BCUT2D eigenvalue weighted by atomic mass is 9.87. The lowest BCUT2D eigenvalue weighted by molar-refractivity contribution is 0.0978. The third-order valence-corrected chi connectivity index (χ3v) is 2.85. The minimum atomic E-state index is -0.109. The third kappa shape index (κ3) is 1.88. The van der Waals surface area contributed by atoms with Crippen molar-refractivity contribution in [1.29, 1.82) is 0 Å². The van der Waals surface area contributed by atoms with Gasteiger partial charge in [0.1, 0.15) is 5.75 Å². The van der Waals surface area contributed by atoms with E-state index in [0.717, 1.165) is 6.42 Å². The fourth-order valence-electron chi connectivity index (χ4n) is 2.06. The molecule has 88 valence electrons. The molecule has 0 heterocycles. The predicted octanol–water partition coefficient (Wildman–Crippen LogP) is 2.80. The maximum atomic E-state index is 12.2. The Labute approximate surface area is 100 Å². The van der Waals surface area contributed by atoms with Crippen molar-refractivity contribution in [3.8, 4) is 5.75 Å². The topological polar surface area (TPSA) is 43.4 Å². The number of hydrogen-bond donors (Lipinski definition) is 0.